The minimum absolute atomic E-state index is 0.354. The molecule has 96 valence electrons. The first-order valence-electron chi connectivity index (χ1n) is 5.94. The minimum atomic E-state index is -1.66. The second-order valence-corrected chi connectivity index (χ2v) is 5.22. The van der Waals surface area contributed by atoms with Gasteiger partial charge in [0, 0.05) is 11.8 Å². The summed E-state index contributed by atoms with van der Waals surface area (Å²) < 4.78 is 0. The van der Waals surface area contributed by atoms with Crippen LogP contribution in [-0.2, 0) is 0 Å². The van der Waals surface area contributed by atoms with Crippen LogP contribution in [0.4, 0.5) is 0 Å². The minimum Gasteiger partial charge on any atom is -0.196 e. The SMILES string of the molecule is N#CC1(C#N)[C@@H]2/C=C\C=C/[C@@H](Cl)/C=C\[C@@H]2C1(C#N)C#N. The van der Waals surface area contributed by atoms with Crippen molar-refractivity contribution in [1.82, 2.24) is 0 Å². The maximum Gasteiger partial charge on any atom is 0.182 e. The van der Waals surface area contributed by atoms with Gasteiger partial charge < -0.3 is 0 Å². The molecule has 3 atom stereocenters. The Morgan fingerprint density at radius 2 is 1.15 bits per heavy atom. The summed E-state index contributed by atoms with van der Waals surface area (Å²) in [6.07, 6.45) is 10.2. The van der Waals surface area contributed by atoms with Gasteiger partial charge in [-0.2, -0.15) is 21.0 Å². The number of rotatable bonds is 0. The van der Waals surface area contributed by atoms with Crippen LogP contribution in [0.5, 0.6) is 0 Å². The highest BCUT2D eigenvalue weighted by molar-refractivity contribution is 6.23. The Bertz CT molecular complexity index is 647. The van der Waals surface area contributed by atoms with Gasteiger partial charge in [0.1, 0.15) is 0 Å². The monoisotopic (exact) mass is 280 g/mol. The molecule has 4 nitrogen and oxygen atoms in total. The fourth-order valence-corrected chi connectivity index (χ4v) is 3.01. The van der Waals surface area contributed by atoms with Crippen molar-refractivity contribution in [3.05, 3.63) is 36.5 Å². The zero-order valence-corrected chi connectivity index (χ0v) is 11.1. The third-order valence-corrected chi connectivity index (χ3v) is 4.23. The Morgan fingerprint density at radius 1 is 0.700 bits per heavy atom. The van der Waals surface area contributed by atoms with E-state index in [9.17, 15) is 21.0 Å². The molecular formula is C15H9ClN4. The van der Waals surface area contributed by atoms with Crippen LogP contribution in [0.3, 0.4) is 0 Å². The van der Waals surface area contributed by atoms with Gasteiger partial charge in [0.25, 0.3) is 0 Å². The largest absolute Gasteiger partial charge is 0.196 e. The van der Waals surface area contributed by atoms with Gasteiger partial charge in [0.15, 0.2) is 10.8 Å². The number of nitrogens with zero attached hydrogens (tertiary/aromatic N) is 4. The van der Waals surface area contributed by atoms with Crippen molar-refractivity contribution in [1.29, 1.82) is 21.0 Å². The lowest BCUT2D eigenvalue weighted by molar-refractivity contribution is 0.00685. The molecule has 0 aromatic heterocycles. The van der Waals surface area contributed by atoms with Crippen molar-refractivity contribution in [2.45, 2.75) is 5.38 Å². The molecule has 0 aromatic carbocycles. The molecule has 0 saturated heterocycles. The average Bonchev–Trinajstić information content (AvgIpc) is 2.54. The maximum absolute atomic E-state index is 9.39. The van der Waals surface area contributed by atoms with Gasteiger partial charge in [0.2, 0.25) is 0 Å². The number of fused-ring (bicyclic) bond motifs is 1. The normalized spacial score (nSPS) is 36.5. The molecule has 2 aliphatic rings. The summed E-state index contributed by atoms with van der Waals surface area (Å²) >= 11 is 6.02. The number of nitriles is 4. The molecule has 0 spiro atoms. The fourth-order valence-electron chi connectivity index (χ4n) is 2.84. The third-order valence-electron chi connectivity index (χ3n) is 3.94. The third kappa shape index (κ3) is 1.50. The van der Waals surface area contributed by atoms with Crippen LogP contribution in [-0.4, -0.2) is 5.38 Å². The van der Waals surface area contributed by atoms with E-state index in [0.29, 0.717) is 0 Å². The summed E-state index contributed by atoms with van der Waals surface area (Å²) in [5, 5.41) is 37.2. The first-order valence-corrected chi connectivity index (χ1v) is 6.38. The number of alkyl halides is 1. The fraction of sp³-hybridized carbons (Fsp3) is 0.333. The van der Waals surface area contributed by atoms with Crippen molar-refractivity contribution in [2.75, 3.05) is 0 Å². The summed E-state index contributed by atoms with van der Waals surface area (Å²) in [4.78, 5) is 0. The van der Waals surface area contributed by atoms with E-state index in [-0.39, 0.29) is 5.38 Å². The standard InChI is InChI=1S/C15H9ClN4/c16-11-3-1-2-4-12-13(6-5-11)15(9-19,10-20)14(12,7-17)8-18/h1-6,11-13H/b3-1-,4-2-,6-5-/t11-,12-,13+/m1/s1. The molecule has 0 amide bonds. The first kappa shape index (κ1) is 13.9. The quantitative estimate of drug-likeness (QED) is 0.503. The molecule has 1 fully saturated rings. The Balaban J connectivity index is 2.63. The van der Waals surface area contributed by atoms with Crippen LogP contribution in [0.1, 0.15) is 0 Å². The van der Waals surface area contributed by atoms with Crippen molar-refractivity contribution in [2.24, 2.45) is 22.7 Å². The molecule has 5 heteroatoms. The van der Waals surface area contributed by atoms with E-state index in [2.05, 4.69) is 0 Å². The van der Waals surface area contributed by atoms with Crippen LogP contribution < -0.4 is 0 Å². The van der Waals surface area contributed by atoms with E-state index in [1.807, 2.05) is 24.3 Å². The van der Waals surface area contributed by atoms with Crippen LogP contribution in [0, 0.1) is 68.0 Å². The lowest BCUT2D eigenvalue weighted by Gasteiger charge is -2.53. The highest BCUT2D eigenvalue weighted by atomic mass is 35.5. The molecule has 0 N–H and O–H groups in total. The van der Waals surface area contributed by atoms with Gasteiger partial charge in [-0.05, 0) is 0 Å². The Labute approximate surface area is 122 Å². The van der Waals surface area contributed by atoms with E-state index < -0.39 is 22.7 Å². The molecule has 0 bridgehead atoms. The topological polar surface area (TPSA) is 95.2 Å². The second kappa shape index (κ2) is 4.86. The second-order valence-electron chi connectivity index (χ2n) is 4.71. The lowest BCUT2D eigenvalue weighted by Crippen LogP contribution is -2.62. The Morgan fingerprint density at radius 3 is 1.65 bits per heavy atom. The van der Waals surface area contributed by atoms with Gasteiger partial charge in [0.05, 0.1) is 29.7 Å². The molecule has 0 heterocycles. The molecule has 0 radical (unpaired) electrons. The number of hydrogen-bond acceptors (Lipinski definition) is 4. The molecular weight excluding hydrogens is 272 g/mol. The zero-order valence-electron chi connectivity index (χ0n) is 10.4. The van der Waals surface area contributed by atoms with Crippen LogP contribution in [0.15, 0.2) is 36.5 Å². The highest BCUT2D eigenvalue weighted by Gasteiger charge is 2.74. The summed E-state index contributed by atoms with van der Waals surface area (Å²) in [5.41, 5.74) is -3.31. The van der Waals surface area contributed by atoms with Crippen molar-refractivity contribution >= 4 is 11.6 Å². The molecule has 0 aliphatic heterocycles. The number of allylic oxidation sites excluding steroid dienone is 6. The number of hydrogen-bond donors (Lipinski definition) is 0. The van der Waals surface area contributed by atoms with Gasteiger partial charge in [-0.15, -0.1) is 11.6 Å². The van der Waals surface area contributed by atoms with E-state index in [1.54, 1.807) is 36.5 Å². The zero-order chi connectivity index (χ0) is 14.8. The predicted octanol–water partition coefficient (Wildman–Crippen LogP) is 2.59. The Kier molecular flexibility index (Phi) is 3.38. The summed E-state index contributed by atoms with van der Waals surface area (Å²) in [5.74, 6) is -1.02. The molecule has 0 unspecified atom stereocenters. The molecule has 2 aliphatic carbocycles. The maximum atomic E-state index is 9.39. The van der Waals surface area contributed by atoms with E-state index >= 15 is 0 Å². The molecule has 2 rings (SSSR count). The lowest BCUT2D eigenvalue weighted by atomic mass is 9.39. The van der Waals surface area contributed by atoms with Gasteiger partial charge in [-0.1, -0.05) is 36.5 Å². The Hall–Kier alpha value is -2.53. The predicted molar refractivity (Wildman–Crippen MR) is 71.4 cm³/mol. The van der Waals surface area contributed by atoms with Crippen molar-refractivity contribution in [3.8, 4) is 24.3 Å². The van der Waals surface area contributed by atoms with E-state index in [1.165, 1.54) is 0 Å². The van der Waals surface area contributed by atoms with Crippen molar-refractivity contribution < 1.29 is 0 Å². The average molecular weight is 281 g/mol. The highest BCUT2D eigenvalue weighted by Crippen LogP contribution is 2.65. The first-order chi connectivity index (χ1) is 9.61. The summed E-state index contributed by atoms with van der Waals surface area (Å²) in [6, 6.07) is 7.55. The van der Waals surface area contributed by atoms with Crippen LogP contribution >= 0.6 is 11.6 Å². The van der Waals surface area contributed by atoms with Crippen molar-refractivity contribution in [3.63, 3.8) is 0 Å². The molecule has 0 aromatic rings. The van der Waals surface area contributed by atoms with E-state index in [4.69, 9.17) is 11.6 Å². The summed E-state index contributed by atoms with van der Waals surface area (Å²) in [7, 11) is 0. The van der Waals surface area contributed by atoms with Crippen LogP contribution in [0.2, 0.25) is 0 Å². The van der Waals surface area contributed by atoms with E-state index in [0.717, 1.165) is 0 Å². The molecule has 20 heavy (non-hydrogen) atoms. The number of halogens is 1. The van der Waals surface area contributed by atoms with Crippen LogP contribution in [0.25, 0.3) is 0 Å². The van der Waals surface area contributed by atoms with Gasteiger partial charge >= 0.3 is 0 Å². The molecule has 1 saturated carbocycles. The van der Waals surface area contributed by atoms with Gasteiger partial charge in [-0.3, -0.25) is 0 Å². The smallest absolute Gasteiger partial charge is 0.182 e. The van der Waals surface area contributed by atoms with Gasteiger partial charge in [-0.25, -0.2) is 0 Å². The summed E-state index contributed by atoms with van der Waals surface area (Å²) in [6.45, 7) is 0.